The fourth-order valence-corrected chi connectivity index (χ4v) is 4.44. The average molecular weight is 286 g/mol. The molecule has 112 valence electrons. The van der Waals surface area contributed by atoms with E-state index in [1.165, 1.54) is 38.6 Å². The summed E-state index contributed by atoms with van der Waals surface area (Å²) in [5, 5.41) is 3.84. The summed E-state index contributed by atoms with van der Waals surface area (Å²) in [7, 11) is -0.657. The second-order valence-electron chi connectivity index (χ2n) is 6.52. The highest BCUT2D eigenvalue weighted by Gasteiger charge is 2.41. The minimum absolute atomic E-state index is 0.394. The topological polar surface area (TPSA) is 32.3 Å². The molecule has 3 atom stereocenters. The first-order valence-electron chi connectivity index (χ1n) is 7.87. The van der Waals surface area contributed by atoms with Gasteiger partial charge < -0.3 is 5.32 Å². The van der Waals surface area contributed by atoms with Gasteiger partial charge in [0, 0.05) is 53.5 Å². The summed E-state index contributed by atoms with van der Waals surface area (Å²) in [5.41, 5.74) is 0.394. The minimum atomic E-state index is -0.657. The maximum atomic E-state index is 11.3. The van der Waals surface area contributed by atoms with Crippen LogP contribution in [-0.4, -0.2) is 51.8 Å². The molecule has 1 aliphatic carbocycles. The van der Waals surface area contributed by atoms with E-state index in [0.717, 1.165) is 18.7 Å². The fraction of sp³-hybridized carbons (Fsp3) is 1.00. The van der Waals surface area contributed by atoms with Crippen LogP contribution in [0.5, 0.6) is 0 Å². The maximum absolute atomic E-state index is 11.3. The van der Waals surface area contributed by atoms with E-state index in [2.05, 4.69) is 24.1 Å². The highest BCUT2D eigenvalue weighted by molar-refractivity contribution is 7.84. The van der Waals surface area contributed by atoms with Gasteiger partial charge in [-0.15, -0.1) is 0 Å². The molecule has 1 heterocycles. The van der Waals surface area contributed by atoms with E-state index in [9.17, 15) is 4.21 Å². The van der Waals surface area contributed by atoms with Crippen molar-refractivity contribution in [2.24, 2.45) is 0 Å². The van der Waals surface area contributed by atoms with E-state index in [1.807, 2.05) is 6.26 Å². The van der Waals surface area contributed by atoms with Gasteiger partial charge in [0.1, 0.15) is 0 Å². The van der Waals surface area contributed by atoms with Gasteiger partial charge in [-0.25, -0.2) is 0 Å². The molecule has 0 amide bonds. The second kappa shape index (κ2) is 6.68. The highest BCUT2D eigenvalue weighted by Crippen LogP contribution is 2.34. The van der Waals surface area contributed by atoms with Crippen LogP contribution in [-0.2, 0) is 10.8 Å². The van der Waals surface area contributed by atoms with Crippen LogP contribution in [0.4, 0.5) is 0 Å². The van der Waals surface area contributed by atoms with E-state index in [-0.39, 0.29) is 0 Å². The third-order valence-corrected chi connectivity index (χ3v) is 5.90. The van der Waals surface area contributed by atoms with Crippen LogP contribution in [0.15, 0.2) is 0 Å². The molecule has 0 aromatic carbocycles. The van der Waals surface area contributed by atoms with Crippen LogP contribution in [0.3, 0.4) is 0 Å². The lowest BCUT2D eigenvalue weighted by molar-refractivity contribution is 0.0457. The Hall–Kier alpha value is 0.0700. The van der Waals surface area contributed by atoms with Crippen LogP contribution in [0, 0.1) is 0 Å². The minimum Gasteiger partial charge on any atom is -0.308 e. The SMILES string of the molecule is CCC1CNC2(CCCC2)CN1C(C)CCS(C)=O. The molecule has 2 rings (SSSR count). The van der Waals surface area contributed by atoms with Gasteiger partial charge in [0.2, 0.25) is 0 Å². The number of hydrogen-bond acceptors (Lipinski definition) is 3. The van der Waals surface area contributed by atoms with Crippen LogP contribution in [0.2, 0.25) is 0 Å². The zero-order valence-corrected chi connectivity index (χ0v) is 13.6. The molecule has 1 saturated heterocycles. The van der Waals surface area contributed by atoms with Crippen molar-refractivity contribution in [3.8, 4) is 0 Å². The van der Waals surface area contributed by atoms with E-state index >= 15 is 0 Å². The summed E-state index contributed by atoms with van der Waals surface area (Å²) in [5.74, 6) is 0.842. The molecule has 1 aliphatic heterocycles. The number of nitrogens with zero attached hydrogens (tertiary/aromatic N) is 1. The number of rotatable bonds is 5. The van der Waals surface area contributed by atoms with Gasteiger partial charge in [-0.1, -0.05) is 19.8 Å². The standard InChI is InChI=1S/C15H30N2OS/c1-4-14-11-16-15(8-5-6-9-15)12-17(14)13(2)7-10-19(3)18/h13-14,16H,4-12H2,1-3H3. The molecular weight excluding hydrogens is 256 g/mol. The van der Waals surface area contributed by atoms with E-state index in [0.29, 0.717) is 17.6 Å². The third-order valence-electron chi connectivity index (χ3n) is 5.09. The van der Waals surface area contributed by atoms with Gasteiger partial charge in [0.25, 0.3) is 0 Å². The number of hydrogen-bond donors (Lipinski definition) is 1. The predicted octanol–water partition coefficient (Wildman–Crippen LogP) is 2.14. The molecule has 3 unspecified atom stereocenters. The largest absolute Gasteiger partial charge is 0.308 e. The summed E-state index contributed by atoms with van der Waals surface area (Å²) >= 11 is 0. The maximum Gasteiger partial charge on any atom is 0.0309 e. The molecule has 1 saturated carbocycles. The lowest BCUT2D eigenvalue weighted by atomic mass is 9.90. The van der Waals surface area contributed by atoms with Crippen LogP contribution < -0.4 is 5.32 Å². The Labute approximate surface area is 121 Å². The van der Waals surface area contributed by atoms with Gasteiger partial charge in [-0.3, -0.25) is 9.11 Å². The Bertz CT molecular complexity index is 315. The van der Waals surface area contributed by atoms with Crippen LogP contribution in [0.1, 0.15) is 52.4 Å². The first-order valence-corrected chi connectivity index (χ1v) is 9.60. The Kier molecular flexibility index (Phi) is 5.44. The molecule has 1 N–H and O–H groups in total. The normalized spacial score (nSPS) is 30.6. The van der Waals surface area contributed by atoms with Crippen molar-refractivity contribution in [1.29, 1.82) is 0 Å². The van der Waals surface area contributed by atoms with Crippen molar-refractivity contribution in [2.45, 2.75) is 70.0 Å². The molecule has 19 heavy (non-hydrogen) atoms. The van der Waals surface area contributed by atoms with Crippen molar-refractivity contribution in [3.63, 3.8) is 0 Å². The molecule has 1 spiro atoms. The lowest BCUT2D eigenvalue weighted by Gasteiger charge is -2.48. The predicted molar refractivity (Wildman–Crippen MR) is 83.0 cm³/mol. The first-order chi connectivity index (χ1) is 9.06. The van der Waals surface area contributed by atoms with Crippen molar-refractivity contribution in [2.75, 3.05) is 25.1 Å². The number of piperazine rings is 1. The van der Waals surface area contributed by atoms with Gasteiger partial charge >= 0.3 is 0 Å². The summed E-state index contributed by atoms with van der Waals surface area (Å²) in [6, 6.07) is 1.22. The Morgan fingerprint density at radius 2 is 2.11 bits per heavy atom. The molecule has 2 aliphatic rings. The van der Waals surface area contributed by atoms with Crippen molar-refractivity contribution < 1.29 is 4.21 Å². The zero-order chi connectivity index (χ0) is 13.9. The van der Waals surface area contributed by atoms with Crippen LogP contribution >= 0.6 is 0 Å². The molecule has 3 nitrogen and oxygen atoms in total. The Morgan fingerprint density at radius 3 is 2.68 bits per heavy atom. The van der Waals surface area contributed by atoms with Gasteiger partial charge in [0.05, 0.1) is 0 Å². The van der Waals surface area contributed by atoms with Gasteiger partial charge in [0.15, 0.2) is 0 Å². The van der Waals surface area contributed by atoms with E-state index in [4.69, 9.17) is 0 Å². The average Bonchev–Trinajstić information content (AvgIpc) is 2.84. The molecular formula is C15H30N2OS. The van der Waals surface area contributed by atoms with E-state index in [1.54, 1.807) is 0 Å². The molecule has 0 bridgehead atoms. The third kappa shape index (κ3) is 3.79. The fourth-order valence-electron chi connectivity index (χ4n) is 3.77. The Morgan fingerprint density at radius 1 is 1.42 bits per heavy atom. The summed E-state index contributed by atoms with van der Waals surface area (Å²) in [6.07, 6.45) is 9.53. The summed E-state index contributed by atoms with van der Waals surface area (Å²) in [4.78, 5) is 2.70. The van der Waals surface area contributed by atoms with Gasteiger partial charge in [-0.2, -0.15) is 0 Å². The number of nitrogens with one attached hydrogen (secondary N) is 1. The monoisotopic (exact) mass is 286 g/mol. The van der Waals surface area contributed by atoms with E-state index < -0.39 is 10.8 Å². The molecule has 0 aromatic rings. The van der Waals surface area contributed by atoms with Crippen molar-refractivity contribution in [1.82, 2.24) is 10.2 Å². The molecule has 2 fully saturated rings. The first kappa shape index (κ1) is 15.5. The zero-order valence-electron chi connectivity index (χ0n) is 12.8. The highest BCUT2D eigenvalue weighted by atomic mass is 32.2. The van der Waals surface area contributed by atoms with Crippen molar-refractivity contribution >= 4 is 10.8 Å². The summed E-state index contributed by atoms with van der Waals surface area (Å²) in [6.45, 7) is 6.94. The smallest absolute Gasteiger partial charge is 0.0309 e. The molecule has 0 radical (unpaired) electrons. The summed E-state index contributed by atoms with van der Waals surface area (Å²) < 4.78 is 11.3. The van der Waals surface area contributed by atoms with Gasteiger partial charge in [-0.05, 0) is 32.6 Å². The van der Waals surface area contributed by atoms with Crippen molar-refractivity contribution in [3.05, 3.63) is 0 Å². The lowest BCUT2D eigenvalue weighted by Crippen LogP contribution is -2.64. The Balaban J connectivity index is 1.98. The second-order valence-corrected chi connectivity index (χ2v) is 8.07. The van der Waals surface area contributed by atoms with Crippen LogP contribution in [0.25, 0.3) is 0 Å². The quantitative estimate of drug-likeness (QED) is 0.840. The molecule has 4 heteroatoms. The molecule has 0 aromatic heterocycles.